The van der Waals surface area contributed by atoms with Gasteiger partial charge in [0, 0.05) is 19.6 Å². The van der Waals surface area contributed by atoms with E-state index in [2.05, 4.69) is 24.1 Å². The highest BCUT2D eigenvalue weighted by atomic mass is 16.2. The number of hydrogen-bond donors (Lipinski definition) is 1. The van der Waals surface area contributed by atoms with Crippen LogP contribution in [0.1, 0.15) is 56.9 Å². The van der Waals surface area contributed by atoms with Crippen molar-refractivity contribution in [3.8, 4) is 0 Å². The van der Waals surface area contributed by atoms with E-state index in [1.165, 1.54) is 0 Å². The van der Waals surface area contributed by atoms with Crippen LogP contribution in [-0.2, 0) is 0 Å². The molecule has 0 spiro atoms. The number of nitrogens with one attached hydrogen (secondary N) is 1. The molecule has 1 rings (SSSR count). The number of amides is 1. The molecule has 4 nitrogen and oxygen atoms in total. The summed E-state index contributed by atoms with van der Waals surface area (Å²) in [5.74, 6) is 0.0509. The predicted molar refractivity (Wildman–Crippen MR) is 84.1 cm³/mol. The molecule has 0 saturated carbocycles. The average molecular weight is 277 g/mol. The van der Waals surface area contributed by atoms with Crippen LogP contribution in [0.4, 0.5) is 5.69 Å². The third kappa shape index (κ3) is 5.19. The van der Waals surface area contributed by atoms with E-state index in [1.54, 1.807) is 6.20 Å². The zero-order valence-electron chi connectivity index (χ0n) is 13.0. The molecule has 1 aromatic heterocycles. The van der Waals surface area contributed by atoms with Crippen LogP contribution in [-0.4, -0.2) is 35.4 Å². The van der Waals surface area contributed by atoms with E-state index < -0.39 is 0 Å². The normalized spacial score (nSPS) is 10.3. The Balaban J connectivity index is 2.71. The van der Waals surface area contributed by atoms with Gasteiger partial charge in [-0.2, -0.15) is 0 Å². The zero-order valence-corrected chi connectivity index (χ0v) is 13.0. The molecule has 1 aromatic rings. The molecule has 0 bridgehead atoms. The second-order valence-electron chi connectivity index (χ2n) is 4.96. The third-order valence-corrected chi connectivity index (χ3v) is 3.21. The topological polar surface area (TPSA) is 45.2 Å². The average Bonchev–Trinajstić information content (AvgIpc) is 2.48. The Bertz CT molecular complexity index is 381. The van der Waals surface area contributed by atoms with Crippen LogP contribution in [0.15, 0.2) is 18.3 Å². The number of rotatable bonds is 9. The molecule has 0 aromatic carbocycles. The molecule has 0 saturated heterocycles. The summed E-state index contributed by atoms with van der Waals surface area (Å²) >= 11 is 0. The van der Waals surface area contributed by atoms with E-state index in [0.717, 1.165) is 51.0 Å². The van der Waals surface area contributed by atoms with Crippen LogP contribution in [0, 0.1) is 0 Å². The Morgan fingerprint density at radius 3 is 2.25 bits per heavy atom. The van der Waals surface area contributed by atoms with Gasteiger partial charge in [0.25, 0.3) is 5.91 Å². The first-order valence-electron chi connectivity index (χ1n) is 7.72. The molecule has 0 unspecified atom stereocenters. The Hall–Kier alpha value is -1.58. The summed E-state index contributed by atoms with van der Waals surface area (Å²) in [5.41, 5.74) is 1.50. The lowest BCUT2D eigenvalue weighted by Crippen LogP contribution is -2.33. The smallest absolute Gasteiger partial charge is 0.272 e. The molecule has 0 atom stereocenters. The molecule has 20 heavy (non-hydrogen) atoms. The number of anilines is 1. The van der Waals surface area contributed by atoms with E-state index >= 15 is 0 Å². The lowest BCUT2D eigenvalue weighted by atomic mass is 10.2. The molecule has 0 aliphatic heterocycles. The molecule has 112 valence electrons. The number of pyridine rings is 1. The summed E-state index contributed by atoms with van der Waals surface area (Å²) in [6, 6.07) is 3.73. The maximum Gasteiger partial charge on any atom is 0.272 e. The first kappa shape index (κ1) is 16.5. The number of carbonyl (C=O) groups excluding carboxylic acids is 1. The van der Waals surface area contributed by atoms with E-state index in [9.17, 15) is 4.79 Å². The first-order valence-corrected chi connectivity index (χ1v) is 7.72. The minimum absolute atomic E-state index is 0.0509. The lowest BCUT2D eigenvalue weighted by Gasteiger charge is -2.22. The SMILES string of the molecule is CCCCN(CCCC)C(=O)c1ccc(NCC)cn1. The van der Waals surface area contributed by atoms with Gasteiger partial charge < -0.3 is 10.2 Å². The van der Waals surface area contributed by atoms with Crippen LogP contribution in [0.5, 0.6) is 0 Å². The monoisotopic (exact) mass is 277 g/mol. The summed E-state index contributed by atoms with van der Waals surface area (Å²) in [6.45, 7) is 8.83. The van der Waals surface area contributed by atoms with Gasteiger partial charge in [-0.1, -0.05) is 26.7 Å². The highest BCUT2D eigenvalue weighted by Crippen LogP contribution is 2.10. The number of unbranched alkanes of at least 4 members (excludes halogenated alkanes) is 2. The molecule has 1 N–H and O–H groups in total. The summed E-state index contributed by atoms with van der Waals surface area (Å²) in [6.07, 6.45) is 6.02. The Kier molecular flexibility index (Phi) is 7.70. The van der Waals surface area contributed by atoms with Crippen molar-refractivity contribution in [2.45, 2.75) is 46.5 Å². The minimum atomic E-state index is 0.0509. The van der Waals surface area contributed by atoms with Crippen LogP contribution in [0.3, 0.4) is 0 Å². The quantitative estimate of drug-likeness (QED) is 0.750. The molecule has 0 aliphatic carbocycles. The molecule has 0 aliphatic rings. The number of nitrogens with zero attached hydrogens (tertiary/aromatic N) is 2. The fraction of sp³-hybridized carbons (Fsp3) is 0.625. The number of aromatic nitrogens is 1. The van der Waals surface area contributed by atoms with Gasteiger partial charge in [-0.15, -0.1) is 0 Å². The number of hydrogen-bond acceptors (Lipinski definition) is 3. The molecule has 0 radical (unpaired) electrons. The highest BCUT2D eigenvalue weighted by molar-refractivity contribution is 5.92. The van der Waals surface area contributed by atoms with Gasteiger partial charge in [0.15, 0.2) is 0 Å². The van der Waals surface area contributed by atoms with Gasteiger partial charge in [0.1, 0.15) is 5.69 Å². The van der Waals surface area contributed by atoms with Gasteiger partial charge in [-0.05, 0) is 31.9 Å². The molecule has 1 amide bonds. The van der Waals surface area contributed by atoms with Gasteiger partial charge in [-0.25, -0.2) is 4.98 Å². The van der Waals surface area contributed by atoms with Crippen LogP contribution in [0.25, 0.3) is 0 Å². The van der Waals surface area contributed by atoms with Gasteiger partial charge in [-0.3, -0.25) is 4.79 Å². The van der Waals surface area contributed by atoms with Crippen LogP contribution >= 0.6 is 0 Å². The van der Waals surface area contributed by atoms with Gasteiger partial charge in [0.2, 0.25) is 0 Å². The van der Waals surface area contributed by atoms with Crippen molar-refractivity contribution in [3.63, 3.8) is 0 Å². The van der Waals surface area contributed by atoms with Gasteiger partial charge in [0.05, 0.1) is 11.9 Å². The van der Waals surface area contributed by atoms with E-state index in [4.69, 9.17) is 0 Å². The standard InChI is InChI=1S/C16H27N3O/c1-4-7-11-19(12-8-5-2)16(20)15-10-9-14(13-18-15)17-6-3/h9-10,13,17H,4-8,11-12H2,1-3H3. The first-order chi connectivity index (χ1) is 9.72. The van der Waals surface area contributed by atoms with E-state index in [0.29, 0.717) is 5.69 Å². The summed E-state index contributed by atoms with van der Waals surface area (Å²) in [7, 11) is 0. The maximum absolute atomic E-state index is 12.5. The molecule has 1 heterocycles. The van der Waals surface area contributed by atoms with E-state index in [1.807, 2.05) is 24.0 Å². The van der Waals surface area contributed by atoms with E-state index in [-0.39, 0.29) is 5.91 Å². The predicted octanol–water partition coefficient (Wildman–Crippen LogP) is 3.56. The van der Waals surface area contributed by atoms with Crippen molar-refractivity contribution in [2.24, 2.45) is 0 Å². The van der Waals surface area contributed by atoms with Crippen molar-refractivity contribution >= 4 is 11.6 Å². The third-order valence-electron chi connectivity index (χ3n) is 3.21. The minimum Gasteiger partial charge on any atom is -0.384 e. The summed E-state index contributed by atoms with van der Waals surface area (Å²) in [5, 5.41) is 3.18. The van der Waals surface area contributed by atoms with Crippen molar-refractivity contribution in [1.82, 2.24) is 9.88 Å². The summed E-state index contributed by atoms with van der Waals surface area (Å²) < 4.78 is 0. The lowest BCUT2D eigenvalue weighted by molar-refractivity contribution is 0.0745. The Morgan fingerprint density at radius 1 is 1.15 bits per heavy atom. The second kappa shape index (κ2) is 9.34. The summed E-state index contributed by atoms with van der Waals surface area (Å²) in [4.78, 5) is 18.7. The maximum atomic E-state index is 12.5. The second-order valence-corrected chi connectivity index (χ2v) is 4.96. The van der Waals surface area contributed by atoms with Crippen molar-refractivity contribution in [1.29, 1.82) is 0 Å². The fourth-order valence-electron chi connectivity index (χ4n) is 2.00. The fourth-order valence-corrected chi connectivity index (χ4v) is 2.00. The van der Waals surface area contributed by atoms with Crippen molar-refractivity contribution in [2.75, 3.05) is 25.0 Å². The molecule has 0 fully saturated rings. The molecular formula is C16H27N3O. The van der Waals surface area contributed by atoms with Crippen LogP contribution < -0.4 is 5.32 Å². The Morgan fingerprint density at radius 2 is 1.80 bits per heavy atom. The van der Waals surface area contributed by atoms with Gasteiger partial charge >= 0.3 is 0 Å². The number of carbonyl (C=O) groups is 1. The molecule has 4 heteroatoms. The van der Waals surface area contributed by atoms with Crippen LogP contribution in [0.2, 0.25) is 0 Å². The zero-order chi connectivity index (χ0) is 14.8. The Labute approximate surface area is 122 Å². The van der Waals surface area contributed by atoms with Crippen molar-refractivity contribution < 1.29 is 4.79 Å². The molecular weight excluding hydrogens is 250 g/mol. The van der Waals surface area contributed by atoms with Crippen molar-refractivity contribution in [3.05, 3.63) is 24.0 Å². The largest absolute Gasteiger partial charge is 0.384 e. The highest BCUT2D eigenvalue weighted by Gasteiger charge is 2.15.